The largest absolute Gasteiger partial charge is 0.489 e. The van der Waals surface area contributed by atoms with Crippen LogP contribution in [0, 0.1) is 0 Å². The van der Waals surface area contributed by atoms with E-state index in [-0.39, 0.29) is 13.2 Å². The van der Waals surface area contributed by atoms with E-state index in [4.69, 9.17) is 14.2 Å². The van der Waals surface area contributed by atoms with Gasteiger partial charge in [0.05, 0.1) is 12.7 Å². The lowest BCUT2D eigenvalue weighted by Crippen LogP contribution is -2.14. The Bertz CT molecular complexity index is 949. The van der Waals surface area contributed by atoms with E-state index in [0.29, 0.717) is 23.7 Å². The van der Waals surface area contributed by atoms with Crippen molar-refractivity contribution in [3.05, 3.63) is 95.6 Å². The third kappa shape index (κ3) is 6.38. The summed E-state index contributed by atoms with van der Waals surface area (Å²) in [7, 11) is 1.32. The molecule has 3 aromatic carbocycles. The Morgan fingerprint density at radius 1 is 0.700 bits per heavy atom. The molecule has 6 heteroatoms. The Labute approximate surface area is 175 Å². The summed E-state index contributed by atoms with van der Waals surface area (Å²) >= 11 is 0. The molecule has 0 radical (unpaired) electrons. The molecule has 0 amide bonds. The fourth-order valence-corrected chi connectivity index (χ4v) is 2.58. The smallest absolute Gasteiger partial charge is 0.344 e. The second kappa shape index (κ2) is 10.7. The molecule has 0 N–H and O–H groups in total. The monoisotopic (exact) mass is 406 g/mol. The van der Waals surface area contributed by atoms with Crippen LogP contribution in [0.5, 0.6) is 11.5 Å². The van der Waals surface area contributed by atoms with Gasteiger partial charge in [0.25, 0.3) is 0 Å². The quantitative estimate of drug-likeness (QED) is 0.497. The highest BCUT2D eigenvalue weighted by atomic mass is 16.6. The first-order valence-electron chi connectivity index (χ1n) is 9.36. The van der Waals surface area contributed by atoms with Crippen LogP contribution in [0.15, 0.2) is 78.9 Å². The summed E-state index contributed by atoms with van der Waals surface area (Å²) in [4.78, 5) is 23.3. The average Bonchev–Trinajstić information content (AvgIpc) is 2.81. The summed E-state index contributed by atoms with van der Waals surface area (Å²) in [6, 6.07) is 23.6. The van der Waals surface area contributed by atoms with Crippen molar-refractivity contribution in [3.8, 4) is 11.5 Å². The third-order valence-corrected chi connectivity index (χ3v) is 4.20. The van der Waals surface area contributed by atoms with E-state index in [0.717, 1.165) is 11.1 Å². The Balaban J connectivity index is 1.39. The van der Waals surface area contributed by atoms with Gasteiger partial charge in [-0.2, -0.15) is 0 Å². The molecule has 0 unspecified atom stereocenters. The van der Waals surface area contributed by atoms with E-state index in [1.165, 1.54) is 7.11 Å². The second-order valence-corrected chi connectivity index (χ2v) is 6.38. The van der Waals surface area contributed by atoms with E-state index < -0.39 is 11.9 Å². The van der Waals surface area contributed by atoms with Crippen molar-refractivity contribution in [3.63, 3.8) is 0 Å². The summed E-state index contributed by atoms with van der Waals surface area (Å²) in [5.41, 5.74) is 2.28. The van der Waals surface area contributed by atoms with E-state index >= 15 is 0 Å². The number of hydrogen-bond acceptors (Lipinski definition) is 6. The van der Waals surface area contributed by atoms with Gasteiger partial charge in [-0.3, -0.25) is 0 Å². The molecule has 0 aliphatic carbocycles. The number of hydrogen-bond donors (Lipinski definition) is 0. The molecule has 0 fully saturated rings. The second-order valence-electron chi connectivity index (χ2n) is 6.38. The third-order valence-electron chi connectivity index (χ3n) is 4.20. The first kappa shape index (κ1) is 20.9. The van der Waals surface area contributed by atoms with Gasteiger partial charge in [-0.1, -0.05) is 42.5 Å². The maximum absolute atomic E-state index is 11.9. The zero-order valence-corrected chi connectivity index (χ0v) is 16.6. The number of benzene rings is 3. The molecule has 3 rings (SSSR count). The van der Waals surface area contributed by atoms with Crippen molar-refractivity contribution >= 4 is 11.9 Å². The summed E-state index contributed by atoms with van der Waals surface area (Å²) in [5.74, 6) is 0.352. The summed E-state index contributed by atoms with van der Waals surface area (Å²) in [5, 5.41) is 0. The predicted molar refractivity (Wildman–Crippen MR) is 110 cm³/mol. The molecule has 0 saturated heterocycles. The number of carbonyl (C=O) groups excluding carboxylic acids is 2. The molecule has 0 aromatic heterocycles. The van der Waals surface area contributed by atoms with Crippen LogP contribution in [0.1, 0.15) is 21.5 Å². The van der Waals surface area contributed by atoms with E-state index in [1.54, 1.807) is 48.5 Å². The molecular formula is C24H22O6. The van der Waals surface area contributed by atoms with E-state index in [9.17, 15) is 9.59 Å². The zero-order valence-electron chi connectivity index (χ0n) is 16.6. The first-order valence-corrected chi connectivity index (χ1v) is 9.36. The lowest BCUT2D eigenvalue weighted by molar-refractivity contribution is -0.147. The average molecular weight is 406 g/mol. The van der Waals surface area contributed by atoms with Crippen LogP contribution in [0.3, 0.4) is 0 Å². The number of rotatable bonds is 9. The minimum Gasteiger partial charge on any atom is -0.489 e. The van der Waals surface area contributed by atoms with Crippen molar-refractivity contribution in [2.45, 2.75) is 13.2 Å². The van der Waals surface area contributed by atoms with Gasteiger partial charge in [-0.15, -0.1) is 0 Å². The lowest BCUT2D eigenvalue weighted by Gasteiger charge is -2.09. The first-order chi connectivity index (χ1) is 14.6. The van der Waals surface area contributed by atoms with E-state index in [2.05, 4.69) is 4.74 Å². The van der Waals surface area contributed by atoms with Gasteiger partial charge in [0, 0.05) is 0 Å². The summed E-state index contributed by atoms with van der Waals surface area (Å²) < 4.78 is 21.0. The van der Waals surface area contributed by atoms with Crippen LogP contribution in [-0.2, 0) is 27.5 Å². The molecule has 0 saturated carbocycles. The Morgan fingerprint density at radius 3 is 1.93 bits per heavy atom. The van der Waals surface area contributed by atoms with Crippen LogP contribution in [0.2, 0.25) is 0 Å². The Hall–Kier alpha value is -3.80. The van der Waals surface area contributed by atoms with Crippen molar-refractivity contribution < 1.29 is 28.5 Å². The number of carbonyl (C=O) groups is 2. The van der Waals surface area contributed by atoms with Gasteiger partial charge < -0.3 is 18.9 Å². The predicted octanol–water partition coefficient (Wildman–Crippen LogP) is 4.17. The minimum absolute atomic E-state index is 0.0932. The van der Waals surface area contributed by atoms with Gasteiger partial charge in [0.1, 0.15) is 24.7 Å². The van der Waals surface area contributed by atoms with Gasteiger partial charge in [0.15, 0.2) is 6.61 Å². The maximum atomic E-state index is 11.9. The molecular weight excluding hydrogens is 384 g/mol. The Kier molecular flexibility index (Phi) is 7.44. The number of esters is 2. The summed E-state index contributed by atoms with van der Waals surface area (Å²) in [6.45, 7) is 0.369. The maximum Gasteiger partial charge on any atom is 0.344 e. The fraction of sp³-hybridized carbons (Fsp3) is 0.167. The van der Waals surface area contributed by atoms with Crippen molar-refractivity contribution in [1.82, 2.24) is 0 Å². The van der Waals surface area contributed by atoms with Gasteiger partial charge >= 0.3 is 11.9 Å². The highest BCUT2D eigenvalue weighted by molar-refractivity contribution is 5.89. The summed E-state index contributed by atoms with van der Waals surface area (Å²) in [6.07, 6.45) is 0. The van der Waals surface area contributed by atoms with Crippen LogP contribution in [0.25, 0.3) is 0 Å². The number of methoxy groups -OCH3 is 1. The highest BCUT2D eigenvalue weighted by Crippen LogP contribution is 2.19. The van der Waals surface area contributed by atoms with Crippen LogP contribution in [0.4, 0.5) is 0 Å². The lowest BCUT2D eigenvalue weighted by atomic mass is 10.1. The Morgan fingerprint density at radius 2 is 1.30 bits per heavy atom. The zero-order chi connectivity index (χ0) is 21.2. The topological polar surface area (TPSA) is 71.1 Å². The molecule has 30 heavy (non-hydrogen) atoms. The fourth-order valence-electron chi connectivity index (χ4n) is 2.58. The standard InChI is InChI=1S/C24H22O6/c1-27-24(26)20-9-7-19(8-10-20)16-30-23(25)17-29-22-13-11-21(12-14-22)28-15-18-5-3-2-4-6-18/h2-14H,15-17H2,1H3. The van der Waals surface area contributed by atoms with Crippen molar-refractivity contribution in [2.75, 3.05) is 13.7 Å². The van der Waals surface area contributed by atoms with Crippen LogP contribution >= 0.6 is 0 Å². The molecule has 0 atom stereocenters. The molecule has 0 bridgehead atoms. The highest BCUT2D eigenvalue weighted by Gasteiger charge is 2.08. The molecule has 0 aliphatic heterocycles. The normalized spacial score (nSPS) is 10.2. The minimum atomic E-state index is -0.489. The molecule has 0 aliphatic rings. The molecule has 6 nitrogen and oxygen atoms in total. The molecule has 154 valence electrons. The van der Waals surface area contributed by atoms with Gasteiger partial charge in [-0.25, -0.2) is 9.59 Å². The van der Waals surface area contributed by atoms with Crippen molar-refractivity contribution in [2.24, 2.45) is 0 Å². The van der Waals surface area contributed by atoms with Crippen molar-refractivity contribution in [1.29, 1.82) is 0 Å². The van der Waals surface area contributed by atoms with Gasteiger partial charge in [0.2, 0.25) is 0 Å². The SMILES string of the molecule is COC(=O)c1ccc(COC(=O)COc2ccc(OCc3ccccc3)cc2)cc1. The van der Waals surface area contributed by atoms with Gasteiger partial charge in [-0.05, 0) is 47.5 Å². The van der Waals surface area contributed by atoms with Crippen LogP contribution < -0.4 is 9.47 Å². The number of ether oxygens (including phenoxy) is 4. The molecule has 0 spiro atoms. The van der Waals surface area contributed by atoms with Crippen LogP contribution in [-0.4, -0.2) is 25.7 Å². The molecule has 0 heterocycles. The van der Waals surface area contributed by atoms with E-state index in [1.807, 2.05) is 30.3 Å². The molecule has 3 aromatic rings.